The van der Waals surface area contributed by atoms with Crippen LogP contribution in [0.5, 0.6) is 5.88 Å². The average Bonchev–Trinajstić information content (AvgIpc) is 2.45. The molecule has 21 heavy (non-hydrogen) atoms. The smallest absolute Gasteiger partial charge is 0.239 e. The lowest BCUT2D eigenvalue weighted by atomic mass is 10.3. The van der Waals surface area contributed by atoms with Gasteiger partial charge in [-0.1, -0.05) is 6.92 Å². The first-order chi connectivity index (χ1) is 10.0. The maximum absolute atomic E-state index is 13.8. The highest BCUT2D eigenvalue weighted by molar-refractivity contribution is 9.10. The third kappa shape index (κ3) is 3.81. The molecular weight excluding hydrogens is 344 g/mol. The van der Waals surface area contributed by atoms with Gasteiger partial charge in [0.15, 0.2) is 0 Å². The molecule has 7 heteroatoms. The molecule has 0 radical (unpaired) electrons. The number of rotatable bonds is 5. The third-order valence-corrected chi connectivity index (χ3v) is 3.21. The molecule has 0 saturated carbocycles. The highest BCUT2D eigenvalue weighted by Crippen LogP contribution is 2.27. The number of nitrogens with two attached hydrogens (primary N) is 1. The van der Waals surface area contributed by atoms with Gasteiger partial charge in [0, 0.05) is 6.07 Å². The quantitative estimate of drug-likeness (QED) is 0.785. The fourth-order valence-electron chi connectivity index (χ4n) is 1.59. The summed E-state index contributed by atoms with van der Waals surface area (Å²) in [6.07, 6.45) is 0.811. The van der Waals surface area contributed by atoms with Crippen molar-refractivity contribution in [3.63, 3.8) is 0 Å². The van der Waals surface area contributed by atoms with Crippen LogP contribution in [0.3, 0.4) is 0 Å². The van der Waals surface area contributed by atoms with Gasteiger partial charge in [0.2, 0.25) is 5.88 Å². The van der Waals surface area contributed by atoms with Gasteiger partial charge in [0.05, 0.1) is 22.5 Å². The summed E-state index contributed by atoms with van der Waals surface area (Å²) >= 11 is 2.92. The number of benzene rings is 1. The van der Waals surface area contributed by atoms with Crippen LogP contribution in [0.2, 0.25) is 0 Å². The molecule has 0 atom stereocenters. The third-order valence-electron chi connectivity index (χ3n) is 2.61. The molecule has 0 saturated heterocycles. The van der Waals surface area contributed by atoms with Crippen LogP contribution in [-0.4, -0.2) is 11.6 Å². The number of hydrogen-bond acceptors (Lipinski definition) is 4. The predicted molar refractivity (Wildman–Crippen MR) is 81.8 cm³/mol. The molecule has 2 aromatic rings. The highest BCUT2D eigenvalue weighted by atomic mass is 79.9. The standard InChI is InChI=1S/C14H14BrF2N3O/c1-2-5-21-14-11(18)3-4-13(20-14)19-12-7-9(16)8(15)6-10(12)17/h3-4,6-7H,2,5,18H2,1H3,(H,19,20). The number of nitrogens with one attached hydrogen (secondary N) is 1. The molecule has 0 spiro atoms. The van der Waals surface area contributed by atoms with Crippen LogP contribution in [0, 0.1) is 11.6 Å². The molecule has 0 amide bonds. The van der Waals surface area contributed by atoms with Gasteiger partial charge in [-0.15, -0.1) is 0 Å². The van der Waals surface area contributed by atoms with Crippen LogP contribution in [-0.2, 0) is 0 Å². The van der Waals surface area contributed by atoms with E-state index in [1.54, 1.807) is 12.1 Å². The minimum Gasteiger partial charge on any atom is -0.476 e. The molecule has 112 valence electrons. The molecule has 0 aliphatic heterocycles. The van der Waals surface area contributed by atoms with Crippen molar-refractivity contribution in [2.45, 2.75) is 13.3 Å². The Morgan fingerprint density at radius 2 is 2.05 bits per heavy atom. The van der Waals surface area contributed by atoms with E-state index in [2.05, 4.69) is 26.2 Å². The SMILES string of the molecule is CCCOc1nc(Nc2cc(F)c(Br)cc2F)ccc1N. The number of anilines is 3. The summed E-state index contributed by atoms with van der Waals surface area (Å²) in [4.78, 5) is 4.14. The number of nitrogen functional groups attached to an aromatic ring is 1. The van der Waals surface area contributed by atoms with Crippen molar-refractivity contribution >= 4 is 33.1 Å². The minimum atomic E-state index is -0.599. The average molecular weight is 358 g/mol. The lowest BCUT2D eigenvalue weighted by molar-refractivity contribution is 0.307. The zero-order valence-corrected chi connectivity index (χ0v) is 12.9. The van der Waals surface area contributed by atoms with E-state index in [9.17, 15) is 8.78 Å². The van der Waals surface area contributed by atoms with E-state index in [0.29, 0.717) is 18.1 Å². The summed E-state index contributed by atoms with van der Waals surface area (Å²) < 4.78 is 32.7. The van der Waals surface area contributed by atoms with Crippen LogP contribution in [0.4, 0.5) is 26.0 Å². The fraction of sp³-hybridized carbons (Fsp3) is 0.214. The normalized spacial score (nSPS) is 10.5. The van der Waals surface area contributed by atoms with Crippen LogP contribution in [0.1, 0.15) is 13.3 Å². The molecule has 0 unspecified atom stereocenters. The number of halogens is 3. The first-order valence-corrected chi connectivity index (χ1v) is 7.11. The van der Waals surface area contributed by atoms with E-state index < -0.39 is 11.6 Å². The van der Waals surface area contributed by atoms with Gasteiger partial charge in [-0.25, -0.2) is 8.78 Å². The molecule has 1 aromatic carbocycles. The van der Waals surface area contributed by atoms with Crippen molar-refractivity contribution in [3.05, 3.63) is 40.4 Å². The topological polar surface area (TPSA) is 60.2 Å². The van der Waals surface area contributed by atoms with E-state index in [4.69, 9.17) is 10.5 Å². The Kier molecular flexibility index (Phi) is 4.95. The van der Waals surface area contributed by atoms with Gasteiger partial charge in [0.25, 0.3) is 0 Å². The molecule has 0 fully saturated rings. The molecule has 4 nitrogen and oxygen atoms in total. The molecular formula is C14H14BrF2N3O. The first-order valence-electron chi connectivity index (χ1n) is 6.32. The molecule has 0 aliphatic rings. The monoisotopic (exact) mass is 357 g/mol. The van der Waals surface area contributed by atoms with E-state index in [0.717, 1.165) is 18.6 Å². The van der Waals surface area contributed by atoms with Crippen molar-refractivity contribution < 1.29 is 13.5 Å². The zero-order valence-electron chi connectivity index (χ0n) is 11.3. The van der Waals surface area contributed by atoms with Crippen molar-refractivity contribution in [1.29, 1.82) is 0 Å². The van der Waals surface area contributed by atoms with Gasteiger partial charge < -0.3 is 15.8 Å². The van der Waals surface area contributed by atoms with E-state index in [1.807, 2.05) is 6.92 Å². The van der Waals surface area contributed by atoms with Crippen LogP contribution < -0.4 is 15.8 Å². The zero-order chi connectivity index (χ0) is 15.4. The Hall–Kier alpha value is -1.89. The second-order valence-corrected chi connectivity index (χ2v) is 5.16. The van der Waals surface area contributed by atoms with Crippen LogP contribution >= 0.6 is 15.9 Å². The highest BCUT2D eigenvalue weighted by Gasteiger charge is 2.10. The Morgan fingerprint density at radius 1 is 1.29 bits per heavy atom. The lowest BCUT2D eigenvalue weighted by Gasteiger charge is -2.11. The second kappa shape index (κ2) is 6.71. The lowest BCUT2D eigenvalue weighted by Crippen LogP contribution is -2.04. The summed E-state index contributed by atoms with van der Waals surface area (Å²) in [5, 5.41) is 2.70. The molecule has 1 heterocycles. The molecule has 1 aromatic heterocycles. The molecule has 2 rings (SSSR count). The van der Waals surface area contributed by atoms with Gasteiger partial charge >= 0.3 is 0 Å². The van der Waals surface area contributed by atoms with E-state index >= 15 is 0 Å². The number of nitrogens with zero attached hydrogens (tertiary/aromatic N) is 1. The summed E-state index contributed by atoms with van der Waals surface area (Å²) in [5.41, 5.74) is 6.11. The van der Waals surface area contributed by atoms with E-state index in [-0.39, 0.29) is 16.0 Å². The number of aromatic nitrogens is 1. The maximum Gasteiger partial charge on any atom is 0.239 e. The first kappa shape index (κ1) is 15.5. The Labute approximate surface area is 129 Å². The maximum atomic E-state index is 13.8. The summed E-state index contributed by atoms with van der Waals surface area (Å²) in [7, 11) is 0. The Bertz CT molecular complexity index is 652. The fourth-order valence-corrected chi connectivity index (χ4v) is 1.91. The molecule has 0 aliphatic carbocycles. The molecule has 3 N–H and O–H groups in total. The summed E-state index contributed by atoms with van der Waals surface area (Å²) in [6, 6.07) is 5.24. The van der Waals surface area contributed by atoms with Crippen molar-refractivity contribution in [2.24, 2.45) is 0 Å². The van der Waals surface area contributed by atoms with Crippen molar-refractivity contribution in [3.8, 4) is 5.88 Å². The van der Waals surface area contributed by atoms with Crippen LogP contribution in [0.25, 0.3) is 0 Å². The number of pyridine rings is 1. The van der Waals surface area contributed by atoms with Crippen molar-refractivity contribution in [2.75, 3.05) is 17.7 Å². The van der Waals surface area contributed by atoms with Gasteiger partial charge in [-0.05, 0) is 40.5 Å². The summed E-state index contributed by atoms with van der Waals surface area (Å²) in [6.45, 7) is 2.43. The van der Waals surface area contributed by atoms with E-state index in [1.165, 1.54) is 0 Å². The van der Waals surface area contributed by atoms with Gasteiger partial charge in [-0.2, -0.15) is 4.98 Å². The van der Waals surface area contributed by atoms with Gasteiger partial charge in [0.1, 0.15) is 17.5 Å². The predicted octanol–water partition coefficient (Wildman–Crippen LogP) is 4.24. The van der Waals surface area contributed by atoms with Gasteiger partial charge in [-0.3, -0.25) is 0 Å². The Morgan fingerprint density at radius 3 is 2.76 bits per heavy atom. The minimum absolute atomic E-state index is 0.0191. The second-order valence-electron chi connectivity index (χ2n) is 4.31. The summed E-state index contributed by atoms with van der Waals surface area (Å²) in [5.74, 6) is -0.592. The molecule has 0 bridgehead atoms. The van der Waals surface area contributed by atoms with Crippen LogP contribution in [0.15, 0.2) is 28.7 Å². The number of ether oxygens (including phenoxy) is 1. The van der Waals surface area contributed by atoms with Crippen molar-refractivity contribution in [1.82, 2.24) is 4.98 Å². The number of hydrogen-bond donors (Lipinski definition) is 2. The largest absolute Gasteiger partial charge is 0.476 e. The Balaban J connectivity index is 2.25.